The third-order valence-corrected chi connectivity index (χ3v) is 3.68. The van der Waals surface area contributed by atoms with Gasteiger partial charge in [0.25, 0.3) is 0 Å². The first kappa shape index (κ1) is 15.8. The Balaban J connectivity index is 1.73. The van der Waals surface area contributed by atoms with E-state index in [0.29, 0.717) is 0 Å². The van der Waals surface area contributed by atoms with Crippen LogP contribution in [0, 0.1) is 0 Å². The van der Waals surface area contributed by atoms with E-state index in [1.165, 1.54) is 7.11 Å². The molecule has 0 spiro atoms. The van der Waals surface area contributed by atoms with Gasteiger partial charge in [-0.15, -0.1) is 0 Å². The molecule has 3 aromatic carbocycles. The Kier molecular flexibility index (Phi) is 4.92. The van der Waals surface area contributed by atoms with E-state index in [-0.39, 0.29) is 12.4 Å². The summed E-state index contributed by atoms with van der Waals surface area (Å²) in [6.45, 7) is 0. The Morgan fingerprint density at radius 1 is 0.792 bits per heavy atom. The summed E-state index contributed by atoms with van der Waals surface area (Å²) < 4.78 is 10.6. The molecule has 3 aromatic rings. The third kappa shape index (κ3) is 4.02. The minimum absolute atomic E-state index is 0.251. The van der Waals surface area contributed by atoms with Crippen LogP contribution < -0.4 is 4.74 Å². The van der Waals surface area contributed by atoms with E-state index in [2.05, 4.69) is 22.9 Å². The first-order valence-electron chi connectivity index (χ1n) is 7.74. The summed E-state index contributed by atoms with van der Waals surface area (Å²) in [7, 11) is 1.39. The Morgan fingerprint density at radius 2 is 1.50 bits per heavy atom. The largest absolute Gasteiger partial charge is 0.469 e. The van der Waals surface area contributed by atoms with Crippen molar-refractivity contribution >= 4 is 5.97 Å². The van der Waals surface area contributed by atoms with Crippen LogP contribution in [0.5, 0.6) is 11.5 Å². The summed E-state index contributed by atoms with van der Waals surface area (Å²) in [5.74, 6) is 1.25. The summed E-state index contributed by atoms with van der Waals surface area (Å²) in [4.78, 5) is 11.3. The second kappa shape index (κ2) is 7.47. The van der Waals surface area contributed by atoms with E-state index in [1.54, 1.807) is 0 Å². The zero-order valence-electron chi connectivity index (χ0n) is 13.4. The molecular weight excluding hydrogens is 300 g/mol. The molecule has 0 saturated carbocycles. The van der Waals surface area contributed by atoms with Crippen LogP contribution in [0.2, 0.25) is 0 Å². The molecule has 120 valence electrons. The molecule has 0 unspecified atom stereocenters. The van der Waals surface area contributed by atoms with Gasteiger partial charge in [0.05, 0.1) is 13.5 Å². The maximum Gasteiger partial charge on any atom is 0.309 e. The van der Waals surface area contributed by atoms with E-state index in [4.69, 9.17) is 4.74 Å². The van der Waals surface area contributed by atoms with Crippen LogP contribution >= 0.6 is 0 Å². The van der Waals surface area contributed by atoms with E-state index in [1.807, 2.05) is 60.7 Å². The first-order valence-corrected chi connectivity index (χ1v) is 7.74. The SMILES string of the molecule is COC(=O)Cc1ccc(Oc2cccc(-c3ccccc3)c2)cc1. The highest BCUT2D eigenvalue weighted by Gasteiger charge is 2.04. The molecule has 0 bridgehead atoms. The number of hydrogen-bond acceptors (Lipinski definition) is 3. The van der Waals surface area contributed by atoms with Crippen LogP contribution in [0.25, 0.3) is 11.1 Å². The predicted molar refractivity (Wildman–Crippen MR) is 94.1 cm³/mol. The quantitative estimate of drug-likeness (QED) is 0.630. The second-order valence-corrected chi connectivity index (χ2v) is 5.39. The average Bonchev–Trinajstić information content (AvgIpc) is 2.64. The fourth-order valence-electron chi connectivity index (χ4n) is 2.42. The molecule has 0 fully saturated rings. The summed E-state index contributed by atoms with van der Waals surface area (Å²) >= 11 is 0. The number of hydrogen-bond donors (Lipinski definition) is 0. The van der Waals surface area contributed by atoms with Crippen LogP contribution in [0.4, 0.5) is 0 Å². The zero-order valence-corrected chi connectivity index (χ0v) is 13.4. The Labute approximate surface area is 141 Å². The molecular formula is C21H18O3. The molecule has 0 aliphatic heterocycles. The normalized spacial score (nSPS) is 10.2. The van der Waals surface area contributed by atoms with Gasteiger partial charge in [-0.2, -0.15) is 0 Å². The molecule has 0 aliphatic rings. The zero-order chi connectivity index (χ0) is 16.8. The van der Waals surface area contributed by atoms with E-state index in [0.717, 1.165) is 28.2 Å². The number of rotatable bonds is 5. The lowest BCUT2D eigenvalue weighted by Gasteiger charge is -2.09. The van der Waals surface area contributed by atoms with Crippen molar-refractivity contribution in [2.45, 2.75) is 6.42 Å². The maximum atomic E-state index is 11.3. The molecule has 0 amide bonds. The highest BCUT2D eigenvalue weighted by molar-refractivity contribution is 5.72. The molecule has 0 aliphatic carbocycles. The number of benzene rings is 3. The Hall–Kier alpha value is -3.07. The third-order valence-electron chi connectivity index (χ3n) is 3.68. The fraction of sp³-hybridized carbons (Fsp3) is 0.0952. The van der Waals surface area contributed by atoms with Crippen LogP contribution in [0.1, 0.15) is 5.56 Å². The fourth-order valence-corrected chi connectivity index (χ4v) is 2.42. The summed E-state index contributed by atoms with van der Waals surface area (Å²) in [6.07, 6.45) is 0.264. The van der Waals surface area contributed by atoms with Gasteiger partial charge in [0, 0.05) is 0 Å². The van der Waals surface area contributed by atoms with Gasteiger partial charge in [-0.25, -0.2) is 0 Å². The summed E-state index contributed by atoms with van der Waals surface area (Å²) in [5, 5.41) is 0. The highest BCUT2D eigenvalue weighted by atomic mass is 16.5. The first-order chi connectivity index (χ1) is 11.7. The molecule has 0 radical (unpaired) electrons. The summed E-state index contributed by atoms with van der Waals surface area (Å²) in [5.41, 5.74) is 3.15. The molecule has 3 nitrogen and oxygen atoms in total. The van der Waals surface area contributed by atoms with Crippen molar-refractivity contribution in [2.75, 3.05) is 7.11 Å². The Morgan fingerprint density at radius 3 is 2.21 bits per heavy atom. The van der Waals surface area contributed by atoms with Crippen LogP contribution in [0.3, 0.4) is 0 Å². The standard InChI is InChI=1S/C21H18O3/c1-23-21(22)14-16-10-12-19(13-11-16)24-20-9-5-8-18(15-20)17-6-3-2-4-7-17/h2-13,15H,14H2,1H3. The monoisotopic (exact) mass is 318 g/mol. The van der Waals surface area contributed by atoms with Crippen molar-refractivity contribution in [3.63, 3.8) is 0 Å². The molecule has 0 saturated heterocycles. The van der Waals surface area contributed by atoms with Crippen LogP contribution in [-0.4, -0.2) is 13.1 Å². The van der Waals surface area contributed by atoms with Crippen LogP contribution in [0.15, 0.2) is 78.9 Å². The van der Waals surface area contributed by atoms with E-state index in [9.17, 15) is 4.79 Å². The van der Waals surface area contributed by atoms with Gasteiger partial charge in [0.1, 0.15) is 11.5 Å². The average molecular weight is 318 g/mol. The lowest BCUT2D eigenvalue weighted by molar-refractivity contribution is -0.139. The smallest absolute Gasteiger partial charge is 0.309 e. The lowest BCUT2D eigenvalue weighted by atomic mass is 10.1. The molecule has 0 N–H and O–H groups in total. The number of esters is 1. The molecule has 3 rings (SSSR count). The number of methoxy groups -OCH3 is 1. The van der Waals surface area contributed by atoms with E-state index >= 15 is 0 Å². The Bertz CT molecular complexity index is 808. The van der Waals surface area contributed by atoms with Crippen molar-refractivity contribution in [3.05, 3.63) is 84.4 Å². The second-order valence-electron chi connectivity index (χ2n) is 5.39. The van der Waals surface area contributed by atoms with Crippen molar-refractivity contribution in [2.24, 2.45) is 0 Å². The number of ether oxygens (including phenoxy) is 2. The van der Waals surface area contributed by atoms with Crippen molar-refractivity contribution in [3.8, 4) is 22.6 Å². The minimum Gasteiger partial charge on any atom is -0.469 e. The van der Waals surface area contributed by atoms with Gasteiger partial charge in [-0.3, -0.25) is 4.79 Å². The number of carbonyl (C=O) groups excluding carboxylic acids is 1. The van der Waals surface area contributed by atoms with Gasteiger partial charge in [-0.05, 0) is 41.0 Å². The van der Waals surface area contributed by atoms with Gasteiger partial charge >= 0.3 is 5.97 Å². The minimum atomic E-state index is -0.251. The van der Waals surface area contributed by atoms with E-state index < -0.39 is 0 Å². The van der Waals surface area contributed by atoms with Gasteiger partial charge in [0.15, 0.2) is 0 Å². The van der Waals surface area contributed by atoms with Crippen LogP contribution in [-0.2, 0) is 16.0 Å². The van der Waals surface area contributed by atoms with Gasteiger partial charge < -0.3 is 9.47 Å². The topological polar surface area (TPSA) is 35.5 Å². The summed E-state index contributed by atoms with van der Waals surface area (Å²) in [6, 6.07) is 25.6. The van der Waals surface area contributed by atoms with Crippen molar-refractivity contribution in [1.82, 2.24) is 0 Å². The molecule has 0 heterocycles. The predicted octanol–water partition coefficient (Wildman–Crippen LogP) is 4.86. The van der Waals surface area contributed by atoms with Crippen molar-refractivity contribution in [1.29, 1.82) is 0 Å². The highest BCUT2D eigenvalue weighted by Crippen LogP contribution is 2.27. The molecule has 3 heteroatoms. The van der Waals surface area contributed by atoms with Gasteiger partial charge in [0.2, 0.25) is 0 Å². The number of carbonyl (C=O) groups is 1. The maximum absolute atomic E-state index is 11.3. The molecule has 0 atom stereocenters. The molecule has 0 aromatic heterocycles. The lowest BCUT2D eigenvalue weighted by Crippen LogP contribution is -2.04. The molecule has 24 heavy (non-hydrogen) atoms. The van der Waals surface area contributed by atoms with Crippen molar-refractivity contribution < 1.29 is 14.3 Å². The van der Waals surface area contributed by atoms with Gasteiger partial charge in [-0.1, -0.05) is 54.6 Å².